The largest absolute Gasteiger partial charge is 0.399 e. The van der Waals surface area contributed by atoms with E-state index in [2.05, 4.69) is 49.9 Å². The van der Waals surface area contributed by atoms with E-state index in [4.69, 9.17) is 9.47 Å². The highest BCUT2D eigenvalue weighted by atomic mass is 32.1. The Morgan fingerprint density at radius 3 is 2.47 bits per heavy atom. The fourth-order valence-electron chi connectivity index (χ4n) is 3.93. The Morgan fingerprint density at radius 2 is 1.75 bits per heavy atom. The molecular formula is C23H20N4O4S. The van der Waals surface area contributed by atoms with E-state index in [9.17, 15) is 9.59 Å². The van der Waals surface area contributed by atoms with Gasteiger partial charge in [-0.15, -0.1) is 0 Å². The van der Waals surface area contributed by atoms with Gasteiger partial charge in [0.15, 0.2) is 0 Å². The minimum absolute atomic E-state index is 0.160. The molecule has 0 aliphatic carbocycles. The lowest BCUT2D eigenvalue weighted by Gasteiger charge is -2.47. The van der Waals surface area contributed by atoms with E-state index in [0.29, 0.717) is 25.6 Å². The maximum absolute atomic E-state index is 12.3. The van der Waals surface area contributed by atoms with Crippen molar-refractivity contribution in [3.63, 3.8) is 0 Å². The molecule has 5 rings (SSSR count). The van der Waals surface area contributed by atoms with Gasteiger partial charge in [-0.05, 0) is 45.6 Å². The quantitative estimate of drug-likeness (QED) is 0.564. The van der Waals surface area contributed by atoms with Crippen LogP contribution >= 0.6 is 11.3 Å². The number of aromatic nitrogens is 2. The topological polar surface area (TPSA) is 84.9 Å². The molecule has 2 aliphatic rings. The first-order chi connectivity index (χ1) is 15.6. The fourth-order valence-corrected chi connectivity index (χ4v) is 4.59. The highest BCUT2D eigenvalue weighted by Gasteiger charge is 2.51. The molecule has 0 radical (unpaired) electrons. The third-order valence-corrected chi connectivity index (χ3v) is 6.01. The summed E-state index contributed by atoms with van der Waals surface area (Å²) in [6.45, 7) is 1.82. The van der Waals surface area contributed by atoms with Crippen LogP contribution in [0.4, 0.5) is 5.95 Å². The molecule has 3 aromatic rings. The smallest absolute Gasteiger partial charge is 0.358 e. The lowest BCUT2D eigenvalue weighted by molar-refractivity contribution is -0.232. The highest BCUT2D eigenvalue weighted by Crippen LogP contribution is 2.31. The second kappa shape index (κ2) is 8.52. The zero-order valence-corrected chi connectivity index (χ0v) is 17.9. The van der Waals surface area contributed by atoms with Crippen molar-refractivity contribution in [3.05, 3.63) is 77.3 Å². The molecule has 8 nitrogen and oxygen atoms in total. The van der Waals surface area contributed by atoms with Crippen molar-refractivity contribution in [1.82, 2.24) is 14.9 Å². The van der Waals surface area contributed by atoms with Crippen molar-refractivity contribution in [2.45, 2.75) is 12.5 Å². The number of thiophene rings is 1. The molecule has 1 saturated heterocycles. The summed E-state index contributed by atoms with van der Waals surface area (Å²) in [5.41, 5.74) is 3.43. The summed E-state index contributed by atoms with van der Waals surface area (Å²) in [6.07, 6.45) is 5.34. The molecule has 1 fully saturated rings. The normalized spacial score (nSPS) is 18.3. The molecular weight excluding hydrogens is 428 g/mol. The Morgan fingerprint density at radius 1 is 0.969 bits per heavy atom. The molecule has 0 N–H and O–H groups in total. The van der Waals surface area contributed by atoms with Crippen LogP contribution in [0.1, 0.15) is 5.56 Å². The van der Waals surface area contributed by atoms with E-state index in [1.165, 1.54) is 5.56 Å². The van der Waals surface area contributed by atoms with Crippen LogP contribution < -0.4 is 4.90 Å². The molecule has 0 amide bonds. The van der Waals surface area contributed by atoms with E-state index in [-0.39, 0.29) is 6.54 Å². The van der Waals surface area contributed by atoms with Crippen LogP contribution in [-0.4, -0.2) is 52.4 Å². The molecule has 2 aliphatic heterocycles. The van der Waals surface area contributed by atoms with Crippen LogP contribution in [0.25, 0.3) is 11.1 Å². The van der Waals surface area contributed by atoms with Gasteiger partial charge in [-0.25, -0.2) is 19.6 Å². The van der Waals surface area contributed by atoms with Gasteiger partial charge in [-0.1, -0.05) is 18.2 Å². The standard InChI is InChI=1S/C23H20N4O4S/c28-20-5-6-21(29)31-23(30-20)16-26(10-11-27(23)22-24-8-2-9-25-22)14-17-3-1-4-18(13-17)19-7-12-32-15-19/h1-9,12-13,15H,10-11,14,16H2. The van der Waals surface area contributed by atoms with E-state index in [0.717, 1.165) is 23.3 Å². The lowest BCUT2D eigenvalue weighted by Crippen LogP contribution is -2.66. The number of hydrogen-bond donors (Lipinski definition) is 0. The van der Waals surface area contributed by atoms with Crippen molar-refractivity contribution in [2.24, 2.45) is 0 Å². The van der Waals surface area contributed by atoms with Gasteiger partial charge in [0, 0.05) is 44.2 Å². The number of nitrogens with zero attached hydrogens (tertiary/aromatic N) is 4. The van der Waals surface area contributed by atoms with Gasteiger partial charge in [0.2, 0.25) is 5.95 Å². The number of ether oxygens (including phenoxy) is 2. The summed E-state index contributed by atoms with van der Waals surface area (Å²) in [6, 6.07) is 12.1. The number of rotatable bonds is 4. The minimum atomic E-state index is -1.65. The minimum Gasteiger partial charge on any atom is -0.399 e. The molecule has 9 heteroatoms. The van der Waals surface area contributed by atoms with Crippen LogP contribution in [0.3, 0.4) is 0 Å². The summed E-state index contributed by atoms with van der Waals surface area (Å²) in [7, 11) is 0. The average Bonchev–Trinajstić information content (AvgIpc) is 3.29. The number of carbonyl (C=O) groups is 2. The van der Waals surface area contributed by atoms with Gasteiger partial charge in [0.1, 0.15) is 0 Å². The Bertz CT molecular complexity index is 1130. The predicted octanol–water partition coefficient (Wildman–Crippen LogP) is 2.84. The van der Waals surface area contributed by atoms with Gasteiger partial charge >= 0.3 is 17.8 Å². The van der Waals surface area contributed by atoms with Gasteiger partial charge in [0.05, 0.1) is 6.54 Å². The number of carbonyl (C=O) groups excluding carboxylic acids is 2. The molecule has 0 bridgehead atoms. The third kappa shape index (κ3) is 4.12. The van der Waals surface area contributed by atoms with E-state index in [1.807, 2.05) is 6.07 Å². The Hall–Kier alpha value is -3.56. The fraction of sp³-hybridized carbons (Fsp3) is 0.217. The number of piperazine rings is 1. The summed E-state index contributed by atoms with van der Waals surface area (Å²) in [4.78, 5) is 36.9. The maximum Gasteiger partial charge on any atom is 0.358 e. The first-order valence-corrected chi connectivity index (χ1v) is 11.1. The molecule has 1 spiro atoms. The van der Waals surface area contributed by atoms with Gasteiger partial charge < -0.3 is 9.47 Å². The van der Waals surface area contributed by atoms with Gasteiger partial charge in [0.25, 0.3) is 0 Å². The van der Waals surface area contributed by atoms with Crippen LogP contribution in [0.15, 0.2) is 71.7 Å². The lowest BCUT2D eigenvalue weighted by atomic mass is 10.1. The summed E-state index contributed by atoms with van der Waals surface area (Å²) in [5.74, 6) is -2.63. The number of hydrogen-bond acceptors (Lipinski definition) is 9. The maximum atomic E-state index is 12.3. The molecule has 0 atom stereocenters. The van der Waals surface area contributed by atoms with Crippen molar-refractivity contribution >= 4 is 29.2 Å². The molecule has 2 aromatic heterocycles. The molecule has 0 unspecified atom stereocenters. The monoisotopic (exact) mass is 448 g/mol. The van der Waals surface area contributed by atoms with E-state index in [1.54, 1.807) is 34.7 Å². The van der Waals surface area contributed by atoms with Crippen LogP contribution in [0.5, 0.6) is 0 Å². The van der Waals surface area contributed by atoms with Crippen LogP contribution in [-0.2, 0) is 25.6 Å². The Balaban J connectivity index is 1.43. The van der Waals surface area contributed by atoms with Crippen molar-refractivity contribution in [2.75, 3.05) is 24.5 Å². The summed E-state index contributed by atoms with van der Waals surface area (Å²) in [5, 5.41) is 4.17. The molecule has 162 valence electrons. The first kappa shape index (κ1) is 20.3. The van der Waals surface area contributed by atoms with Crippen LogP contribution in [0.2, 0.25) is 0 Å². The first-order valence-electron chi connectivity index (χ1n) is 10.1. The highest BCUT2D eigenvalue weighted by molar-refractivity contribution is 7.08. The molecule has 0 saturated carbocycles. The second-order valence-corrected chi connectivity index (χ2v) is 8.29. The predicted molar refractivity (Wildman–Crippen MR) is 118 cm³/mol. The zero-order chi connectivity index (χ0) is 22.0. The second-order valence-electron chi connectivity index (χ2n) is 7.51. The van der Waals surface area contributed by atoms with Crippen molar-refractivity contribution in [1.29, 1.82) is 0 Å². The number of esters is 2. The molecule has 4 heterocycles. The molecule has 1 aromatic carbocycles. The Kier molecular flexibility index (Phi) is 5.42. The Labute approximate surface area is 188 Å². The SMILES string of the molecule is O=C1C=CC(=O)OC2(CN(Cc3cccc(-c4ccsc4)c3)CCN2c2ncccn2)O1. The van der Waals surface area contributed by atoms with Gasteiger partial charge in [-0.3, -0.25) is 9.80 Å². The summed E-state index contributed by atoms with van der Waals surface area (Å²) >= 11 is 1.66. The number of anilines is 1. The van der Waals surface area contributed by atoms with Gasteiger partial charge in [-0.2, -0.15) is 11.3 Å². The average molecular weight is 449 g/mol. The van der Waals surface area contributed by atoms with E-state index >= 15 is 0 Å². The summed E-state index contributed by atoms with van der Waals surface area (Å²) < 4.78 is 11.3. The van der Waals surface area contributed by atoms with Crippen molar-refractivity contribution in [3.8, 4) is 11.1 Å². The number of benzene rings is 1. The van der Waals surface area contributed by atoms with E-state index < -0.39 is 17.8 Å². The zero-order valence-electron chi connectivity index (χ0n) is 17.1. The van der Waals surface area contributed by atoms with Crippen molar-refractivity contribution < 1.29 is 19.1 Å². The van der Waals surface area contributed by atoms with Crippen LogP contribution in [0, 0.1) is 0 Å². The third-order valence-electron chi connectivity index (χ3n) is 5.33. The molecule has 32 heavy (non-hydrogen) atoms.